The van der Waals surface area contributed by atoms with Crippen molar-refractivity contribution in [3.05, 3.63) is 41.9 Å². The number of hydrogen-bond donors (Lipinski definition) is 3. The summed E-state index contributed by atoms with van der Waals surface area (Å²) < 4.78 is 0. The molecule has 3 rings (SSSR count). The van der Waals surface area contributed by atoms with E-state index in [9.17, 15) is 10.4 Å². The lowest BCUT2D eigenvalue weighted by Gasteiger charge is -2.10. The number of nitrogens with one attached hydrogen (secondary N) is 2. The normalized spacial score (nSPS) is 12.1. The minimum absolute atomic E-state index is 0.424. The Kier molecular flexibility index (Phi) is 3.96. The van der Waals surface area contributed by atoms with Gasteiger partial charge in [0.1, 0.15) is 11.9 Å². The zero-order chi connectivity index (χ0) is 16.4. The number of para-hydroxylation sites is 1. The average Bonchev–Trinajstić information content (AvgIpc) is 2.97. The maximum Gasteiger partial charge on any atom is 0.147 e. The first-order valence-corrected chi connectivity index (χ1v) is 7.36. The van der Waals surface area contributed by atoms with Crippen LogP contribution >= 0.6 is 0 Å². The fourth-order valence-electron chi connectivity index (χ4n) is 2.49. The third-order valence-electron chi connectivity index (χ3n) is 3.62. The van der Waals surface area contributed by atoms with Gasteiger partial charge < -0.3 is 15.4 Å². The molecule has 3 N–H and O–H groups in total. The summed E-state index contributed by atoms with van der Waals surface area (Å²) in [6.07, 6.45) is 3.09. The predicted molar refractivity (Wildman–Crippen MR) is 88.9 cm³/mol. The largest absolute Gasteiger partial charge is 0.392 e. The van der Waals surface area contributed by atoms with E-state index in [1.165, 1.54) is 0 Å². The first-order chi connectivity index (χ1) is 11.1. The van der Waals surface area contributed by atoms with Crippen LogP contribution in [0, 0.1) is 18.3 Å². The number of anilines is 1. The summed E-state index contributed by atoms with van der Waals surface area (Å²) in [5.74, 6) is 0.659. The number of hydrogen-bond acceptors (Lipinski definition) is 5. The van der Waals surface area contributed by atoms with Crippen molar-refractivity contribution >= 4 is 16.7 Å². The monoisotopic (exact) mass is 307 g/mol. The summed E-state index contributed by atoms with van der Waals surface area (Å²) in [6.45, 7) is 4.01. The van der Waals surface area contributed by atoms with Gasteiger partial charge in [0.15, 0.2) is 0 Å². The smallest absolute Gasteiger partial charge is 0.147 e. The highest BCUT2D eigenvalue weighted by atomic mass is 16.3. The Labute approximate surface area is 133 Å². The van der Waals surface area contributed by atoms with E-state index in [1.54, 1.807) is 19.2 Å². The Morgan fingerprint density at radius 1 is 1.43 bits per heavy atom. The van der Waals surface area contributed by atoms with E-state index in [4.69, 9.17) is 0 Å². The van der Waals surface area contributed by atoms with E-state index in [1.807, 2.05) is 25.3 Å². The summed E-state index contributed by atoms with van der Waals surface area (Å²) in [5.41, 5.74) is 3.82. The highest BCUT2D eigenvalue weighted by molar-refractivity contribution is 5.97. The Morgan fingerprint density at radius 3 is 2.96 bits per heavy atom. The molecule has 0 amide bonds. The van der Waals surface area contributed by atoms with Gasteiger partial charge in [-0.2, -0.15) is 5.26 Å². The van der Waals surface area contributed by atoms with E-state index in [2.05, 4.69) is 26.3 Å². The van der Waals surface area contributed by atoms with Gasteiger partial charge in [0, 0.05) is 23.7 Å². The van der Waals surface area contributed by atoms with Gasteiger partial charge >= 0.3 is 0 Å². The highest BCUT2D eigenvalue weighted by Gasteiger charge is 2.12. The van der Waals surface area contributed by atoms with Crippen molar-refractivity contribution in [3.8, 4) is 17.3 Å². The van der Waals surface area contributed by atoms with Crippen molar-refractivity contribution in [2.75, 3.05) is 11.9 Å². The number of benzene rings is 1. The van der Waals surface area contributed by atoms with E-state index in [-0.39, 0.29) is 0 Å². The molecule has 0 saturated heterocycles. The molecule has 1 aromatic carbocycles. The van der Waals surface area contributed by atoms with Gasteiger partial charge in [-0.15, -0.1) is 0 Å². The van der Waals surface area contributed by atoms with Crippen LogP contribution in [0.3, 0.4) is 0 Å². The maximum absolute atomic E-state index is 9.34. The van der Waals surface area contributed by atoms with Gasteiger partial charge in [0.2, 0.25) is 0 Å². The number of aryl methyl sites for hydroxylation is 1. The van der Waals surface area contributed by atoms with Crippen molar-refractivity contribution in [2.45, 2.75) is 20.0 Å². The molecule has 1 unspecified atom stereocenters. The van der Waals surface area contributed by atoms with E-state index in [0.29, 0.717) is 17.9 Å². The van der Waals surface area contributed by atoms with E-state index in [0.717, 1.165) is 27.9 Å². The first-order valence-electron chi connectivity index (χ1n) is 7.36. The van der Waals surface area contributed by atoms with Gasteiger partial charge in [-0.05, 0) is 19.9 Å². The lowest BCUT2D eigenvalue weighted by Crippen LogP contribution is -2.17. The van der Waals surface area contributed by atoms with Gasteiger partial charge in [0.05, 0.1) is 34.8 Å². The molecule has 2 aromatic heterocycles. The molecule has 116 valence electrons. The lowest BCUT2D eigenvalue weighted by atomic mass is 10.1. The molecule has 0 aliphatic carbocycles. The number of aromatic nitrogens is 3. The summed E-state index contributed by atoms with van der Waals surface area (Å²) in [4.78, 5) is 12.1. The molecule has 2 heterocycles. The zero-order valence-corrected chi connectivity index (χ0v) is 13.0. The number of aliphatic hydroxyl groups excluding tert-OH is 1. The summed E-state index contributed by atoms with van der Waals surface area (Å²) in [5, 5.41) is 22.5. The molecule has 0 saturated carbocycles. The SMILES string of the molecule is Cc1nc(-c2c[nH]c3c(C#N)cccc23)cnc1NCC(C)O. The van der Waals surface area contributed by atoms with Crippen molar-refractivity contribution < 1.29 is 5.11 Å². The molecule has 1 atom stereocenters. The van der Waals surface area contributed by atoms with Crippen molar-refractivity contribution in [1.29, 1.82) is 5.26 Å². The third-order valence-corrected chi connectivity index (χ3v) is 3.62. The second-order valence-corrected chi connectivity index (χ2v) is 5.46. The first kappa shape index (κ1) is 15.0. The molecular formula is C17H17N5O. The Hall–Kier alpha value is -2.91. The lowest BCUT2D eigenvalue weighted by molar-refractivity contribution is 0.208. The van der Waals surface area contributed by atoms with Crippen LogP contribution in [0.25, 0.3) is 22.2 Å². The van der Waals surface area contributed by atoms with Gasteiger partial charge in [-0.1, -0.05) is 12.1 Å². The Balaban J connectivity index is 2.00. The van der Waals surface area contributed by atoms with E-state index < -0.39 is 6.10 Å². The van der Waals surface area contributed by atoms with Gasteiger partial charge in [0.25, 0.3) is 0 Å². The zero-order valence-electron chi connectivity index (χ0n) is 13.0. The van der Waals surface area contributed by atoms with Crippen molar-refractivity contribution in [3.63, 3.8) is 0 Å². The second kappa shape index (κ2) is 6.07. The van der Waals surface area contributed by atoms with Gasteiger partial charge in [-0.25, -0.2) is 9.97 Å². The standard InChI is InChI=1S/C17H17N5O/c1-10(23)7-20-17-11(2)22-15(9-21-17)14-8-19-16-12(6-18)4-3-5-13(14)16/h3-5,8-10,19,23H,7H2,1-2H3,(H,20,21). The molecule has 6 nitrogen and oxygen atoms in total. The molecule has 0 aliphatic rings. The quantitative estimate of drug-likeness (QED) is 0.688. The minimum atomic E-state index is -0.450. The van der Waals surface area contributed by atoms with Crippen LogP contribution in [0.1, 0.15) is 18.2 Å². The number of rotatable bonds is 4. The fourth-order valence-corrected chi connectivity index (χ4v) is 2.49. The van der Waals surface area contributed by atoms with Crippen LogP contribution < -0.4 is 5.32 Å². The molecule has 0 bridgehead atoms. The third kappa shape index (κ3) is 2.87. The molecule has 0 radical (unpaired) electrons. The summed E-state index contributed by atoms with van der Waals surface area (Å²) in [6, 6.07) is 7.78. The van der Waals surface area contributed by atoms with Crippen LogP contribution in [0.5, 0.6) is 0 Å². The van der Waals surface area contributed by atoms with Crippen LogP contribution in [0.2, 0.25) is 0 Å². The topological polar surface area (TPSA) is 97.6 Å². The number of fused-ring (bicyclic) bond motifs is 1. The van der Waals surface area contributed by atoms with E-state index >= 15 is 0 Å². The Bertz CT molecular complexity index is 892. The minimum Gasteiger partial charge on any atom is -0.392 e. The predicted octanol–water partition coefficient (Wildman–Crippen LogP) is 2.60. The molecule has 6 heteroatoms. The molecular weight excluding hydrogens is 290 g/mol. The second-order valence-electron chi connectivity index (χ2n) is 5.46. The number of nitriles is 1. The average molecular weight is 307 g/mol. The molecule has 0 spiro atoms. The number of aliphatic hydroxyl groups is 1. The molecule has 23 heavy (non-hydrogen) atoms. The van der Waals surface area contributed by atoms with Crippen LogP contribution in [-0.2, 0) is 0 Å². The van der Waals surface area contributed by atoms with Crippen molar-refractivity contribution in [2.24, 2.45) is 0 Å². The summed E-state index contributed by atoms with van der Waals surface area (Å²) in [7, 11) is 0. The van der Waals surface area contributed by atoms with Crippen molar-refractivity contribution in [1.82, 2.24) is 15.0 Å². The van der Waals surface area contributed by atoms with Crippen LogP contribution in [0.15, 0.2) is 30.6 Å². The maximum atomic E-state index is 9.34. The molecule has 0 fully saturated rings. The molecule has 3 aromatic rings. The summed E-state index contributed by atoms with van der Waals surface area (Å²) >= 11 is 0. The fraction of sp³-hybridized carbons (Fsp3) is 0.235. The van der Waals surface area contributed by atoms with Crippen LogP contribution in [0.4, 0.5) is 5.82 Å². The molecule has 0 aliphatic heterocycles. The number of nitrogens with zero attached hydrogens (tertiary/aromatic N) is 3. The number of H-pyrrole nitrogens is 1. The Morgan fingerprint density at radius 2 is 2.26 bits per heavy atom. The number of aromatic amines is 1. The van der Waals surface area contributed by atoms with Gasteiger partial charge in [-0.3, -0.25) is 0 Å². The van der Waals surface area contributed by atoms with Crippen LogP contribution in [-0.4, -0.2) is 32.7 Å². The highest BCUT2D eigenvalue weighted by Crippen LogP contribution is 2.29.